The first kappa shape index (κ1) is 14.8. The van der Waals surface area contributed by atoms with Gasteiger partial charge in [0.1, 0.15) is 11.0 Å². The van der Waals surface area contributed by atoms with E-state index in [2.05, 4.69) is 16.3 Å². The second-order valence-electron chi connectivity index (χ2n) is 5.20. The van der Waals surface area contributed by atoms with E-state index in [-0.39, 0.29) is 11.9 Å². The molecule has 1 heterocycles. The SMILES string of the molecule is CNC(=O)C1CCCCN1c1cc(C)ccc1C(N)=S. The zero-order valence-electron chi connectivity index (χ0n) is 12.0. The van der Waals surface area contributed by atoms with Gasteiger partial charge in [-0.25, -0.2) is 0 Å². The van der Waals surface area contributed by atoms with Gasteiger partial charge in [-0.15, -0.1) is 0 Å². The van der Waals surface area contributed by atoms with E-state index in [1.165, 1.54) is 0 Å². The topological polar surface area (TPSA) is 58.4 Å². The van der Waals surface area contributed by atoms with Crippen LogP contribution in [0.1, 0.15) is 30.4 Å². The summed E-state index contributed by atoms with van der Waals surface area (Å²) in [6, 6.07) is 5.87. The molecule has 1 fully saturated rings. The molecular weight excluding hydrogens is 270 g/mol. The Morgan fingerprint density at radius 2 is 2.20 bits per heavy atom. The molecule has 0 aliphatic carbocycles. The van der Waals surface area contributed by atoms with Gasteiger partial charge < -0.3 is 16.0 Å². The standard InChI is InChI=1S/C15H21N3OS/c1-10-6-7-11(14(16)20)13(9-10)18-8-4-3-5-12(18)15(19)17-2/h6-7,9,12H,3-5,8H2,1-2H3,(H2,16,20)(H,17,19). The number of piperidine rings is 1. The van der Waals surface area contributed by atoms with E-state index in [1.54, 1.807) is 7.05 Å². The quantitative estimate of drug-likeness (QED) is 0.833. The van der Waals surface area contributed by atoms with Crippen LogP contribution in [0.2, 0.25) is 0 Å². The molecule has 1 aliphatic heterocycles. The Kier molecular flexibility index (Phi) is 4.60. The molecule has 4 nitrogen and oxygen atoms in total. The molecule has 0 saturated carbocycles. The van der Waals surface area contributed by atoms with E-state index < -0.39 is 0 Å². The number of hydrogen-bond acceptors (Lipinski definition) is 3. The van der Waals surface area contributed by atoms with Gasteiger partial charge in [0, 0.05) is 24.8 Å². The Hall–Kier alpha value is -1.62. The number of rotatable bonds is 3. The second-order valence-corrected chi connectivity index (χ2v) is 5.64. The number of nitrogens with two attached hydrogens (primary N) is 1. The third kappa shape index (κ3) is 2.93. The van der Waals surface area contributed by atoms with Crippen LogP contribution in [-0.4, -0.2) is 30.5 Å². The van der Waals surface area contributed by atoms with Gasteiger partial charge in [0.15, 0.2) is 0 Å². The maximum absolute atomic E-state index is 12.1. The van der Waals surface area contributed by atoms with Crippen molar-refractivity contribution in [2.24, 2.45) is 5.73 Å². The molecule has 1 saturated heterocycles. The highest BCUT2D eigenvalue weighted by atomic mass is 32.1. The molecule has 0 spiro atoms. The van der Waals surface area contributed by atoms with Crippen LogP contribution in [0.15, 0.2) is 18.2 Å². The van der Waals surface area contributed by atoms with Gasteiger partial charge in [0.25, 0.3) is 0 Å². The van der Waals surface area contributed by atoms with E-state index in [1.807, 2.05) is 19.1 Å². The smallest absolute Gasteiger partial charge is 0.242 e. The van der Waals surface area contributed by atoms with Crippen LogP contribution in [-0.2, 0) is 4.79 Å². The number of thiocarbonyl (C=S) groups is 1. The number of anilines is 1. The number of likely N-dealkylation sites (N-methyl/N-ethyl adjacent to an activating group) is 1. The lowest BCUT2D eigenvalue weighted by Gasteiger charge is -2.37. The minimum absolute atomic E-state index is 0.0556. The molecule has 5 heteroatoms. The summed E-state index contributed by atoms with van der Waals surface area (Å²) in [4.78, 5) is 14.6. The van der Waals surface area contributed by atoms with E-state index in [4.69, 9.17) is 18.0 Å². The minimum Gasteiger partial charge on any atom is -0.389 e. The molecule has 1 amide bonds. The highest BCUT2D eigenvalue weighted by molar-refractivity contribution is 7.80. The molecule has 108 valence electrons. The molecule has 1 aliphatic rings. The van der Waals surface area contributed by atoms with Crippen LogP contribution < -0.4 is 16.0 Å². The number of aryl methyl sites for hydroxylation is 1. The van der Waals surface area contributed by atoms with E-state index >= 15 is 0 Å². The minimum atomic E-state index is -0.136. The molecular formula is C15H21N3OS. The molecule has 1 unspecified atom stereocenters. The van der Waals surface area contributed by atoms with Crippen molar-refractivity contribution in [2.75, 3.05) is 18.5 Å². The maximum atomic E-state index is 12.1. The lowest BCUT2D eigenvalue weighted by molar-refractivity contribution is -0.122. The van der Waals surface area contributed by atoms with Crippen molar-refractivity contribution in [1.82, 2.24) is 5.32 Å². The summed E-state index contributed by atoms with van der Waals surface area (Å²) in [5.41, 5.74) is 8.80. The van der Waals surface area contributed by atoms with Crippen molar-refractivity contribution < 1.29 is 4.79 Å². The number of nitrogens with zero attached hydrogens (tertiary/aromatic N) is 1. The predicted molar refractivity (Wildman–Crippen MR) is 86.1 cm³/mol. The molecule has 20 heavy (non-hydrogen) atoms. The Bertz CT molecular complexity index is 530. The zero-order chi connectivity index (χ0) is 14.7. The highest BCUT2D eigenvalue weighted by Gasteiger charge is 2.29. The van der Waals surface area contributed by atoms with Gasteiger partial charge >= 0.3 is 0 Å². The van der Waals surface area contributed by atoms with Gasteiger partial charge in [-0.1, -0.05) is 18.3 Å². The molecule has 1 aromatic carbocycles. The third-order valence-corrected chi connectivity index (χ3v) is 4.00. The molecule has 1 atom stereocenters. The van der Waals surface area contributed by atoms with Gasteiger partial charge in [0.2, 0.25) is 5.91 Å². The van der Waals surface area contributed by atoms with Crippen molar-refractivity contribution in [1.29, 1.82) is 0 Å². The average Bonchev–Trinajstić information content (AvgIpc) is 2.46. The van der Waals surface area contributed by atoms with Crippen molar-refractivity contribution in [3.05, 3.63) is 29.3 Å². The highest BCUT2D eigenvalue weighted by Crippen LogP contribution is 2.29. The number of nitrogens with one attached hydrogen (secondary N) is 1. The average molecular weight is 291 g/mol. The number of amides is 1. The Labute approximate surface area is 125 Å². The van der Waals surface area contributed by atoms with Crippen molar-refractivity contribution in [3.8, 4) is 0 Å². The molecule has 0 bridgehead atoms. The van der Waals surface area contributed by atoms with E-state index in [0.29, 0.717) is 4.99 Å². The van der Waals surface area contributed by atoms with Crippen LogP contribution in [0.4, 0.5) is 5.69 Å². The lowest BCUT2D eigenvalue weighted by atomic mass is 9.98. The first-order chi connectivity index (χ1) is 9.54. The zero-order valence-corrected chi connectivity index (χ0v) is 12.8. The largest absolute Gasteiger partial charge is 0.389 e. The third-order valence-electron chi connectivity index (χ3n) is 3.78. The molecule has 2 rings (SSSR count). The number of benzene rings is 1. The first-order valence-corrected chi connectivity index (χ1v) is 7.34. The van der Waals surface area contributed by atoms with Gasteiger partial charge in [-0.05, 0) is 43.9 Å². The fraction of sp³-hybridized carbons (Fsp3) is 0.467. The molecule has 1 aromatic rings. The van der Waals surface area contributed by atoms with Crippen LogP contribution in [0.3, 0.4) is 0 Å². The monoisotopic (exact) mass is 291 g/mol. The summed E-state index contributed by atoms with van der Waals surface area (Å²) >= 11 is 5.15. The second kappa shape index (κ2) is 6.22. The summed E-state index contributed by atoms with van der Waals surface area (Å²) in [5.74, 6) is 0.0556. The van der Waals surface area contributed by atoms with Crippen molar-refractivity contribution >= 4 is 28.8 Å². The molecule has 3 N–H and O–H groups in total. The normalized spacial score (nSPS) is 18.7. The summed E-state index contributed by atoms with van der Waals surface area (Å²) in [6.07, 6.45) is 3.02. The Morgan fingerprint density at radius 1 is 1.45 bits per heavy atom. The Balaban J connectivity index is 2.44. The molecule has 0 radical (unpaired) electrons. The van der Waals surface area contributed by atoms with Gasteiger partial charge in [-0.3, -0.25) is 4.79 Å². The number of carbonyl (C=O) groups is 1. The molecule has 0 aromatic heterocycles. The van der Waals surface area contributed by atoms with Gasteiger partial charge in [-0.2, -0.15) is 0 Å². The van der Waals surface area contributed by atoms with Crippen molar-refractivity contribution in [2.45, 2.75) is 32.2 Å². The fourth-order valence-electron chi connectivity index (χ4n) is 2.75. The maximum Gasteiger partial charge on any atom is 0.242 e. The van der Waals surface area contributed by atoms with Crippen molar-refractivity contribution in [3.63, 3.8) is 0 Å². The van der Waals surface area contributed by atoms with Gasteiger partial charge in [0.05, 0.1) is 0 Å². The summed E-state index contributed by atoms with van der Waals surface area (Å²) < 4.78 is 0. The first-order valence-electron chi connectivity index (χ1n) is 6.93. The summed E-state index contributed by atoms with van der Waals surface area (Å²) in [6.45, 7) is 2.89. The Morgan fingerprint density at radius 3 is 2.85 bits per heavy atom. The van der Waals surface area contributed by atoms with Crippen LogP contribution in [0.5, 0.6) is 0 Å². The summed E-state index contributed by atoms with van der Waals surface area (Å²) in [7, 11) is 1.68. The van der Waals surface area contributed by atoms with Crippen LogP contribution >= 0.6 is 12.2 Å². The number of carbonyl (C=O) groups excluding carboxylic acids is 1. The van der Waals surface area contributed by atoms with Crippen LogP contribution in [0, 0.1) is 6.92 Å². The predicted octanol–water partition coefficient (Wildman–Crippen LogP) is 1.73. The number of hydrogen-bond donors (Lipinski definition) is 2. The fourth-order valence-corrected chi connectivity index (χ4v) is 2.92. The summed E-state index contributed by atoms with van der Waals surface area (Å²) in [5, 5.41) is 2.75. The van der Waals surface area contributed by atoms with Crippen LogP contribution in [0.25, 0.3) is 0 Å². The van der Waals surface area contributed by atoms with E-state index in [9.17, 15) is 4.79 Å². The lowest BCUT2D eigenvalue weighted by Crippen LogP contribution is -2.49. The van der Waals surface area contributed by atoms with E-state index in [0.717, 1.165) is 42.6 Å².